The van der Waals surface area contributed by atoms with Gasteiger partial charge in [0.05, 0.1) is 13.0 Å². The van der Waals surface area contributed by atoms with Gasteiger partial charge in [-0.2, -0.15) is 0 Å². The van der Waals surface area contributed by atoms with E-state index >= 15 is 0 Å². The molecule has 2 heterocycles. The summed E-state index contributed by atoms with van der Waals surface area (Å²) in [6.07, 6.45) is 2.80. The fourth-order valence-electron chi connectivity index (χ4n) is 6.18. The normalized spacial score (nSPS) is 18.3. The summed E-state index contributed by atoms with van der Waals surface area (Å²) >= 11 is 0. The number of nitrogens with one attached hydrogen (secondary N) is 2. The lowest BCUT2D eigenvalue weighted by Crippen LogP contribution is -2.62. The van der Waals surface area contributed by atoms with Gasteiger partial charge in [-0.1, -0.05) is 42.5 Å². The van der Waals surface area contributed by atoms with Crippen LogP contribution in [-0.2, 0) is 25.6 Å². The molecule has 2 aliphatic heterocycles. The number of hydrogen-bond acceptors (Lipinski definition) is 5. The Balaban J connectivity index is 1.12. The molecular weight excluding hydrogens is 534 g/mol. The molecule has 5 rings (SSSR count). The van der Waals surface area contributed by atoms with E-state index in [1.807, 2.05) is 42.5 Å². The monoisotopic (exact) mass is 569 g/mol. The highest BCUT2D eigenvalue weighted by atomic mass is 16.2. The van der Waals surface area contributed by atoms with E-state index in [9.17, 15) is 24.0 Å². The van der Waals surface area contributed by atoms with Crippen LogP contribution in [0.5, 0.6) is 0 Å². The molecule has 0 radical (unpaired) electrons. The van der Waals surface area contributed by atoms with Gasteiger partial charge in [0.25, 0.3) is 5.91 Å². The fourth-order valence-corrected chi connectivity index (χ4v) is 6.18. The molecule has 5 amide bonds. The van der Waals surface area contributed by atoms with Crippen molar-refractivity contribution in [2.45, 2.75) is 44.1 Å². The quantitative estimate of drug-likeness (QED) is 0.363. The van der Waals surface area contributed by atoms with Crippen molar-refractivity contribution in [2.75, 3.05) is 31.5 Å². The van der Waals surface area contributed by atoms with Gasteiger partial charge in [-0.15, -0.1) is 0 Å². The number of benzene rings is 3. The van der Waals surface area contributed by atoms with E-state index in [1.165, 1.54) is 4.90 Å². The van der Waals surface area contributed by atoms with E-state index in [0.717, 1.165) is 16.3 Å². The third-order valence-electron chi connectivity index (χ3n) is 8.13. The van der Waals surface area contributed by atoms with Gasteiger partial charge >= 0.3 is 0 Å². The van der Waals surface area contributed by atoms with Crippen molar-refractivity contribution < 1.29 is 24.0 Å². The Kier molecular flexibility index (Phi) is 8.51. The van der Waals surface area contributed by atoms with Crippen molar-refractivity contribution in [3.63, 3.8) is 0 Å². The third kappa shape index (κ3) is 6.12. The molecule has 2 aliphatic rings. The van der Waals surface area contributed by atoms with Gasteiger partial charge < -0.3 is 26.2 Å². The van der Waals surface area contributed by atoms with E-state index in [1.54, 1.807) is 29.2 Å². The Labute approximate surface area is 244 Å². The Hall–Kier alpha value is -4.73. The highest BCUT2D eigenvalue weighted by molar-refractivity contribution is 5.98. The van der Waals surface area contributed by atoms with Gasteiger partial charge in [-0.3, -0.25) is 24.0 Å². The van der Waals surface area contributed by atoms with Crippen LogP contribution in [0.15, 0.2) is 66.7 Å². The number of amides is 5. The number of primary amides is 1. The summed E-state index contributed by atoms with van der Waals surface area (Å²) in [5.74, 6) is -1.49. The van der Waals surface area contributed by atoms with Crippen LogP contribution in [0.25, 0.3) is 10.8 Å². The summed E-state index contributed by atoms with van der Waals surface area (Å²) in [4.78, 5) is 66.3. The molecule has 0 saturated carbocycles. The maximum absolute atomic E-state index is 13.2. The standard InChI is InChI=1S/C32H35N5O5/c33-27(38)21-36-18-4-15-32(31(36)42)16-5-19-37(32)29(40)14-17-34-30(41)23-10-12-25(13-11-23)35-28(39)20-24-8-3-7-22-6-1-2-9-26(22)24/h1-3,6-13H,4-5,14-21H2,(H2,33,38)(H,34,41)(H,35,39). The number of nitrogens with zero attached hydrogens (tertiary/aromatic N) is 2. The van der Waals surface area contributed by atoms with Gasteiger partial charge in [-0.05, 0) is 66.3 Å². The van der Waals surface area contributed by atoms with Gasteiger partial charge in [0, 0.05) is 37.3 Å². The number of fused-ring (bicyclic) bond motifs is 1. The third-order valence-corrected chi connectivity index (χ3v) is 8.13. The Morgan fingerprint density at radius 2 is 1.60 bits per heavy atom. The second kappa shape index (κ2) is 12.4. The minimum absolute atomic E-state index is 0.0545. The number of anilines is 1. The van der Waals surface area contributed by atoms with E-state index in [0.29, 0.717) is 50.0 Å². The number of piperidine rings is 1. The number of nitrogens with two attached hydrogens (primary N) is 1. The van der Waals surface area contributed by atoms with Crippen LogP contribution < -0.4 is 16.4 Å². The summed E-state index contributed by atoms with van der Waals surface area (Å²) in [6, 6.07) is 20.4. The zero-order valence-corrected chi connectivity index (χ0v) is 23.4. The van der Waals surface area contributed by atoms with Crippen LogP contribution in [0.1, 0.15) is 48.0 Å². The molecule has 0 bridgehead atoms. The number of carbonyl (C=O) groups excluding carboxylic acids is 5. The van der Waals surface area contributed by atoms with Gasteiger partial charge in [0.2, 0.25) is 23.6 Å². The lowest BCUT2D eigenvalue weighted by molar-refractivity contribution is -0.156. The molecule has 10 heteroatoms. The molecule has 0 aromatic heterocycles. The van der Waals surface area contributed by atoms with Crippen LogP contribution >= 0.6 is 0 Å². The summed E-state index contributed by atoms with van der Waals surface area (Å²) in [7, 11) is 0. The molecule has 2 saturated heterocycles. The van der Waals surface area contributed by atoms with Crippen molar-refractivity contribution in [3.05, 3.63) is 77.9 Å². The molecule has 218 valence electrons. The fraction of sp³-hybridized carbons (Fsp3) is 0.344. The van der Waals surface area contributed by atoms with Gasteiger partial charge in [0.1, 0.15) is 5.54 Å². The summed E-state index contributed by atoms with van der Waals surface area (Å²) in [6.45, 7) is 0.892. The minimum atomic E-state index is -0.928. The van der Waals surface area contributed by atoms with E-state index in [2.05, 4.69) is 10.6 Å². The lowest BCUT2D eigenvalue weighted by atomic mass is 9.85. The molecule has 0 aliphatic carbocycles. The first kappa shape index (κ1) is 28.8. The molecule has 3 aromatic rings. The topological polar surface area (TPSA) is 142 Å². The summed E-state index contributed by atoms with van der Waals surface area (Å²) in [5.41, 5.74) is 6.30. The molecule has 10 nitrogen and oxygen atoms in total. The smallest absolute Gasteiger partial charge is 0.251 e. The second-order valence-electron chi connectivity index (χ2n) is 10.9. The Morgan fingerprint density at radius 3 is 2.36 bits per heavy atom. The number of rotatable bonds is 9. The average molecular weight is 570 g/mol. The lowest BCUT2D eigenvalue weighted by Gasteiger charge is -2.44. The largest absolute Gasteiger partial charge is 0.368 e. The van der Waals surface area contributed by atoms with Crippen molar-refractivity contribution in [1.29, 1.82) is 0 Å². The molecule has 1 atom stereocenters. The SMILES string of the molecule is NC(=O)CN1CCCC2(CCCN2C(=O)CCNC(=O)c2ccc(NC(=O)Cc3cccc4ccccc34)cc2)C1=O. The molecule has 2 fully saturated rings. The Bertz CT molecular complexity index is 1520. The predicted molar refractivity (Wildman–Crippen MR) is 158 cm³/mol. The summed E-state index contributed by atoms with van der Waals surface area (Å²) < 4.78 is 0. The number of carbonyl (C=O) groups is 5. The first-order valence-electron chi connectivity index (χ1n) is 14.3. The van der Waals surface area contributed by atoms with Crippen molar-refractivity contribution in [2.24, 2.45) is 5.73 Å². The Morgan fingerprint density at radius 1 is 0.881 bits per heavy atom. The first-order valence-corrected chi connectivity index (χ1v) is 14.3. The minimum Gasteiger partial charge on any atom is -0.368 e. The van der Waals surface area contributed by atoms with E-state index in [4.69, 9.17) is 5.73 Å². The summed E-state index contributed by atoms with van der Waals surface area (Å²) in [5, 5.41) is 7.76. The average Bonchev–Trinajstić information content (AvgIpc) is 3.40. The van der Waals surface area contributed by atoms with Gasteiger partial charge in [-0.25, -0.2) is 0 Å². The maximum atomic E-state index is 13.2. The molecule has 1 unspecified atom stereocenters. The van der Waals surface area contributed by atoms with Crippen LogP contribution in [0.4, 0.5) is 5.69 Å². The number of likely N-dealkylation sites (tertiary alicyclic amines) is 2. The molecule has 4 N–H and O–H groups in total. The van der Waals surface area contributed by atoms with E-state index in [-0.39, 0.29) is 49.6 Å². The maximum Gasteiger partial charge on any atom is 0.251 e. The highest BCUT2D eigenvalue weighted by Crippen LogP contribution is 2.38. The van der Waals surface area contributed by atoms with Crippen molar-refractivity contribution in [3.8, 4) is 0 Å². The van der Waals surface area contributed by atoms with Crippen LogP contribution in [0.3, 0.4) is 0 Å². The molecule has 1 spiro atoms. The molecular formula is C32H35N5O5. The van der Waals surface area contributed by atoms with Crippen LogP contribution in [0.2, 0.25) is 0 Å². The van der Waals surface area contributed by atoms with Crippen molar-refractivity contribution in [1.82, 2.24) is 15.1 Å². The van der Waals surface area contributed by atoms with Crippen molar-refractivity contribution >= 4 is 46.0 Å². The van der Waals surface area contributed by atoms with Crippen LogP contribution in [-0.4, -0.2) is 71.1 Å². The van der Waals surface area contributed by atoms with Crippen LogP contribution in [0, 0.1) is 0 Å². The zero-order chi connectivity index (χ0) is 29.7. The predicted octanol–water partition coefficient (Wildman–Crippen LogP) is 2.61. The second-order valence-corrected chi connectivity index (χ2v) is 10.9. The highest BCUT2D eigenvalue weighted by Gasteiger charge is 2.52. The zero-order valence-electron chi connectivity index (χ0n) is 23.4. The van der Waals surface area contributed by atoms with Gasteiger partial charge in [0.15, 0.2) is 0 Å². The first-order chi connectivity index (χ1) is 20.3. The molecule has 3 aromatic carbocycles. The molecule has 42 heavy (non-hydrogen) atoms. The number of hydrogen-bond donors (Lipinski definition) is 3. The van der Waals surface area contributed by atoms with E-state index < -0.39 is 11.4 Å².